The van der Waals surface area contributed by atoms with E-state index >= 15 is 0 Å². The number of quaternary nitrogens is 1. The van der Waals surface area contributed by atoms with E-state index in [0.29, 0.717) is 18.2 Å². The van der Waals surface area contributed by atoms with Gasteiger partial charge in [-0.2, -0.15) is 4.31 Å². The second kappa shape index (κ2) is 8.17. The smallest absolute Gasteiger partial charge is 0.218 e. The van der Waals surface area contributed by atoms with Crippen LogP contribution in [-0.2, 0) is 22.3 Å². The predicted molar refractivity (Wildman–Crippen MR) is 112 cm³/mol. The Balaban J connectivity index is 1.40. The Morgan fingerprint density at radius 1 is 1.00 bits per heavy atom. The summed E-state index contributed by atoms with van der Waals surface area (Å²) in [5.74, 6) is 0.0591. The number of nitrogens with zero attached hydrogens (tertiary/aromatic N) is 2. The van der Waals surface area contributed by atoms with Gasteiger partial charge in [-0.3, -0.25) is 0 Å². The average Bonchev–Trinajstić information content (AvgIpc) is 2.69. The summed E-state index contributed by atoms with van der Waals surface area (Å²) >= 11 is 6.38. The van der Waals surface area contributed by atoms with E-state index in [1.165, 1.54) is 4.90 Å². The van der Waals surface area contributed by atoms with Crippen molar-refractivity contribution in [3.05, 3.63) is 76.9 Å². The van der Waals surface area contributed by atoms with E-state index in [9.17, 15) is 8.42 Å². The highest BCUT2D eigenvalue weighted by molar-refractivity contribution is 7.88. The van der Waals surface area contributed by atoms with E-state index in [4.69, 9.17) is 11.6 Å². The fourth-order valence-corrected chi connectivity index (χ4v) is 5.41. The number of nitrogens with one attached hydrogen (secondary N) is 1. The van der Waals surface area contributed by atoms with Crippen molar-refractivity contribution in [3.63, 3.8) is 0 Å². The van der Waals surface area contributed by atoms with Gasteiger partial charge >= 0.3 is 0 Å². The van der Waals surface area contributed by atoms with E-state index in [-0.39, 0.29) is 5.75 Å². The molecule has 1 aliphatic rings. The molecule has 0 bridgehead atoms. The third-order valence-electron chi connectivity index (χ3n) is 5.21. The number of piperazine rings is 1. The van der Waals surface area contributed by atoms with Crippen LogP contribution in [0.3, 0.4) is 0 Å². The second-order valence-corrected chi connectivity index (χ2v) is 9.53. The lowest BCUT2D eigenvalue weighted by molar-refractivity contribution is -0.917. The van der Waals surface area contributed by atoms with Crippen molar-refractivity contribution in [1.29, 1.82) is 0 Å². The van der Waals surface area contributed by atoms with Gasteiger partial charge in [-0.15, -0.1) is 0 Å². The molecular formula is C21H23ClN3O2S+. The average molecular weight is 417 g/mol. The van der Waals surface area contributed by atoms with Gasteiger partial charge < -0.3 is 4.90 Å². The maximum Gasteiger partial charge on any atom is 0.218 e. The van der Waals surface area contributed by atoms with Crippen LogP contribution in [0.1, 0.15) is 11.1 Å². The van der Waals surface area contributed by atoms with Crippen LogP contribution >= 0.6 is 11.6 Å². The summed E-state index contributed by atoms with van der Waals surface area (Å²) in [6, 6.07) is 19.4. The fourth-order valence-electron chi connectivity index (χ4n) is 3.66. The lowest BCUT2D eigenvalue weighted by atomic mass is 10.1. The molecule has 0 aliphatic carbocycles. The van der Waals surface area contributed by atoms with Crippen LogP contribution in [0, 0.1) is 0 Å². The Bertz CT molecular complexity index is 1070. The molecule has 1 saturated heterocycles. The molecule has 0 saturated carbocycles. The van der Waals surface area contributed by atoms with Crippen molar-refractivity contribution >= 4 is 32.5 Å². The zero-order valence-electron chi connectivity index (χ0n) is 15.5. The molecule has 0 atom stereocenters. The lowest BCUT2D eigenvalue weighted by Gasteiger charge is -2.31. The second-order valence-electron chi connectivity index (χ2n) is 7.20. The number of halogens is 1. The molecule has 0 spiro atoms. The molecule has 28 heavy (non-hydrogen) atoms. The Labute approximate surface area is 170 Å². The number of hydrogen-bond donors (Lipinski definition) is 1. The first kappa shape index (κ1) is 19.3. The quantitative estimate of drug-likeness (QED) is 0.648. The van der Waals surface area contributed by atoms with Crippen molar-refractivity contribution in [1.82, 2.24) is 9.29 Å². The van der Waals surface area contributed by atoms with Gasteiger partial charge in [-0.1, -0.05) is 60.1 Å². The Kier molecular flexibility index (Phi) is 5.64. The summed E-state index contributed by atoms with van der Waals surface area (Å²) in [5.41, 5.74) is 2.73. The first-order valence-electron chi connectivity index (χ1n) is 9.41. The summed E-state index contributed by atoms with van der Waals surface area (Å²) in [7, 11) is -3.29. The summed E-state index contributed by atoms with van der Waals surface area (Å²) in [6.07, 6.45) is 0. The number of benzene rings is 2. The van der Waals surface area contributed by atoms with Crippen LogP contribution in [-0.4, -0.2) is 43.9 Å². The molecule has 1 aliphatic heterocycles. The first-order chi connectivity index (χ1) is 13.5. The van der Waals surface area contributed by atoms with Crippen molar-refractivity contribution in [2.24, 2.45) is 0 Å². The van der Waals surface area contributed by atoms with Crippen LogP contribution in [0.15, 0.2) is 60.7 Å². The van der Waals surface area contributed by atoms with Crippen molar-refractivity contribution in [2.75, 3.05) is 26.2 Å². The molecular weight excluding hydrogens is 394 g/mol. The van der Waals surface area contributed by atoms with Crippen LogP contribution in [0.5, 0.6) is 0 Å². The highest BCUT2D eigenvalue weighted by Crippen LogP contribution is 2.20. The largest absolute Gasteiger partial charge is 0.329 e. The van der Waals surface area contributed by atoms with Gasteiger partial charge in [0.15, 0.2) is 0 Å². The Morgan fingerprint density at radius 2 is 1.68 bits per heavy atom. The van der Waals surface area contributed by atoms with Crippen molar-refractivity contribution < 1.29 is 13.3 Å². The summed E-state index contributed by atoms with van der Waals surface area (Å²) in [4.78, 5) is 5.81. The van der Waals surface area contributed by atoms with Crippen molar-refractivity contribution in [2.45, 2.75) is 12.3 Å². The van der Waals surface area contributed by atoms with E-state index in [2.05, 4.69) is 11.1 Å². The zero-order chi connectivity index (χ0) is 19.6. The molecule has 2 aromatic carbocycles. The normalized spacial score (nSPS) is 16.5. The van der Waals surface area contributed by atoms with Crippen LogP contribution in [0.4, 0.5) is 0 Å². The summed E-state index contributed by atoms with van der Waals surface area (Å²) in [6.45, 7) is 3.34. The topological polar surface area (TPSA) is 54.7 Å². The van der Waals surface area contributed by atoms with Gasteiger partial charge in [0.1, 0.15) is 11.7 Å². The zero-order valence-corrected chi connectivity index (χ0v) is 17.1. The number of pyridine rings is 1. The SMILES string of the molecule is O=S(=O)(Cc1ccccc1)N1CC[NH+](Cc2cc3ccccc3nc2Cl)CC1. The van der Waals surface area contributed by atoms with Crippen molar-refractivity contribution in [3.8, 4) is 0 Å². The molecule has 146 valence electrons. The van der Waals surface area contributed by atoms with Gasteiger partial charge in [0.05, 0.1) is 37.4 Å². The minimum absolute atomic E-state index is 0.0591. The third kappa shape index (κ3) is 4.36. The van der Waals surface area contributed by atoms with Gasteiger partial charge in [0.25, 0.3) is 0 Å². The number of aromatic nitrogens is 1. The number of hydrogen-bond acceptors (Lipinski definition) is 3. The molecule has 2 heterocycles. The minimum atomic E-state index is -3.29. The molecule has 1 aromatic heterocycles. The first-order valence-corrected chi connectivity index (χ1v) is 11.4. The monoisotopic (exact) mass is 416 g/mol. The Morgan fingerprint density at radius 3 is 2.43 bits per heavy atom. The van der Waals surface area contributed by atoms with Gasteiger partial charge in [0, 0.05) is 10.9 Å². The molecule has 0 unspecified atom stereocenters. The lowest BCUT2D eigenvalue weighted by Crippen LogP contribution is -3.13. The summed E-state index contributed by atoms with van der Waals surface area (Å²) < 4.78 is 27.0. The number of fused-ring (bicyclic) bond motifs is 1. The van der Waals surface area contributed by atoms with E-state index in [0.717, 1.165) is 41.7 Å². The third-order valence-corrected chi connectivity index (χ3v) is 7.38. The van der Waals surface area contributed by atoms with E-state index in [1.807, 2.05) is 54.6 Å². The van der Waals surface area contributed by atoms with Gasteiger partial charge in [-0.05, 0) is 17.7 Å². The molecule has 0 amide bonds. The summed E-state index contributed by atoms with van der Waals surface area (Å²) in [5, 5.41) is 1.61. The molecule has 4 rings (SSSR count). The molecule has 0 radical (unpaired) electrons. The van der Waals surface area contributed by atoms with Crippen LogP contribution in [0.25, 0.3) is 10.9 Å². The highest BCUT2D eigenvalue weighted by atomic mass is 35.5. The highest BCUT2D eigenvalue weighted by Gasteiger charge is 2.29. The molecule has 1 N–H and O–H groups in total. The molecule has 5 nitrogen and oxygen atoms in total. The molecule has 1 fully saturated rings. The predicted octanol–water partition coefficient (Wildman–Crippen LogP) is 2.12. The van der Waals surface area contributed by atoms with Crippen LogP contribution < -0.4 is 4.90 Å². The fraction of sp³-hybridized carbons (Fsp3) is 0.286. The number of para-hydroxylation sites is 1. The number of rotatable bonds is 5. The maximum atomic E-state index is 12.7. The van der Waals surface area contributed by atoms with Crippen LogP contribution in [0.2, 0.25) is 5.15 Å². The molecule has 7 heteroatoms. The van der Waals surface area contributed by atoms with E-state index in [1.54, 1.807) is 4.31 Å². The minimum Gasteiger partial charge on any atom is -0.329 e. The maximum absolute atomic E-state index is 12.7. The molecule has 3 aromatic rings. The van der Waals surface area contributed by atoms with Gasteiger partial charge in [0.2, 0.25) is 10.0 Å². The Hall–Kier alpha value is -1.99. The van der Waals surface area contributed by atoms with E-state index < -0.39 is 10.0 Å². The number of sulfonamides is 1. The van der Waals surface area contributed by atoms with Gasteiger partial charge in [-0.25, -0.2) is 13.4 Å². The standard InChI is InChI=1S/C21H22ClN3O2S/c22-21-19(14-18-8-4-5-9-20(18)23-21)15-24-10-12-25(13-11-24)28(26,27)16-17-6-2-1-3-7-17/h1-9,14H,10-13,15-16H2/p+1.